The number of ether oxygens (including phenoxy) is 1. The number of hydrogen-bond acceptors (Lipinski definition) is 7. The quantitative estimate of drug-likeness (QED) is 0.185. The number of likely N-dealkylation sites (N-methyl/N-ethyl adjacent to an activating group) is 2. The van der Waals surface area contributed by atoms with Gasteiger partial charge in [-0.2, -0.15) is 0 Å². The van der Waals surface area contributed by atoms with Gasteiger partial charge in [-0.25, -0.2) is 0 Å². The minimum Gasteiger partial charge on any atom is -0.492 e. The summed E-state index contributed by atoms with van der Waals surface area (Å²) in [6, 6.07) is 17.8. The molecule has 0 fully saturated rings. The van der Waals surface area contributed by atoms with Gasteiger partial charge in [0.1, 0.15) is 18.6 Å². The van der Waals surface area contributed by atoms with Crippen LogP contribution in [-0.2, 0) is 20.8 Å². The van der Waals surface area contributed by atoms with Gasteiger partial charge in [-0.3, -0.25) is 9.59 Å². The van der Waals surface area contributed by atoms with Gasteiger partial charge in [0.15, 0.2) is 0 Å². The van der Waals surface area contributed by atoms with E-state index in [2.05, 4.69) is 35.0 Å². The van der Waals surface area contributed by atoms with Crippen molar-refractivity contribution in [3.05, 3.63) is 65.7 Å². The lowest BCUT2D eigenvalue weighted by Gasteiger charge is -2.27. The number of aryl methyl sites for hydroxylation is 2. The third-order valence-corrected chi connectivity index (χ3v) is 6.12. The molecule has 2 amide bonds. The number of nitrogens with one attached hydrogen (secondary N) is 3. The maximum Gasteiger partial charge on any atom is 0.240 e. The van der Waals surface area contributed by atoms with E-state index in [9.17, 15) is 14.4 Å². The number of nitrogens with zero attached hydrogens (tertiary/aromatic N) is 1. The van der Waals surface area contributed by atoms with Crippen molar-refractivity contribution in [3.63, 3.8) is 0 Å². The van der Waals surface area contributed by atoms with E-state index in [4.69, 9.17) is 9.84 Å². The highest BCUT2D eigenvalue weighted by atomic mass is 16.5. The summed E-state index contributed by atoms with van der Waals surface area (Å²) in [5, 5.41) is 16.0. The fourth-order valence-corrected chi connectivity index (χ4v) is 3.70. The van der Waals surface area contributed by atoms with Crippen LogP contribution in [0.25, 0.3) is 0 Å². The molecule has 40 heavy (non-hydrogen) atoms. The van der Waals surface area contributed by atoms with Crippen LogP contribution in [0.4, 0.5) is 0 Å². The van der Waals surface area contributed by atoms with E-state index in [0.29, 0.717) is 26.2 Å². The molecule has 0 heterocycles. The lowest BCUT2D eigenvalue weighted by Crippen LogP contribution is -2.50. The Hall–Kier alpha value is -3.27. The zero-order chi connectivity index (χ0) is 30.2. The van der Waals surface area contributed by atoms with E-state index < -0.39 is 0 Å². The number of carbonyl (C=O) groups is 3. The van der Waals surface area contributed by atoms with Crippen molar-refractivity contribution >= 4 is 18.1 Å². The summed E-state index contributed by atoms with van der Waals surface area (Å²) in [5.74, 6) is 0.867. The zero-order valence-electron chi connectivity index (χ0n) is 25.1. The van der Waals surface area contributed by atoms with Crippen LogP contribution in [0.15, 0.2) is 54.6 Å². The third kappa shape index (κ3) is 16.0. The van der Waals surface area contributed by atoms with Crippen molar-refractivity contribution in [1.29, 1.82) is 0 Å². The second-order valence-corrected chi connectivity index (χ2v) is 9.30. The number of amides is 2. The molecule has 9 nitrogen and oxygen atoms in total. The normalized spacial score (nSPS) is 11.5. The van der Waals surface area contributed by atoms with Gasteiger partial charge >= 0.3 is 0 Å². The van der Waals surface area contributed by atoms with Gasteiger partial charge in [0.05, 0.1) is 19.1 Å². The van der Waals surface area contributed by atoms with Crippen LogP contribution in [0.2, 0.25) is 0 Å². The molecule has 0 aliphatic heterocycles. The van der Waals surface area contributed by atoms with Gasteiger partial charge < -0.3 is 35.5 Å². The van der Waals surface area contributed by atoms with Crippen molar-refractivity contribution in [2.75, 3.05) is 54.0 Å². The van der Waals surface area contributed by atoms with E-state index in [1.165, 1.54) is 10.5 Å². The van der Waals surface area contributed by atoms with Gasteiger partial charge in [0.2, 0.25) is 11.8 Å². The molecule has 0 bridgehead atoms. The Morgan fingerprint density at radius 3 is 2.27 bits per heavy atom. The van der Waals surface area contributed by atoms with Crippen molar-refractivity contribution in [2.45, 2.75) is 46.1 Å². The van der Waals surface area contributed by atoms with E-state index in [0.717, 1.165) is 44.0 Å². The van der Waals surface area contributed by atoms with Crippen LogP contribution in [0.1, 0.15) is 37.8 Å². The molecule has 0 saturated carbocycles. The summed E-state index contributed by atoms with van der Waals surface area (Å²) in [5.41, 5.74) is 2.41. The monoisotopic (exact) mass is 558 g/mol. The first-order valence-corrected chi connectivity index (χ1v) is 13.8. The highest BCUT2D eigenvalue weighted by Gasteiger charge is 2.26. The topological polar surface area (TPSA) is 120 Å². The fraction of sp³-hybridized carbons (Fsp3) is 0.516. The summed E-state index contributed by atoms with van der Waals surface area (Å²) >= 11 is 0. The Morgan fingerprint density at radius 1 is 1.05 bits per heavy atom. The second-order valence-electron chi connectivity index (χ2n) is 9.30. The number of rotatable bonds is 16. The predicted molar refractivity (Wildman–Crippen MR) is 161 cm³/mol. The first kappa shape index (κ1) is 36.7. The average Bonchev–Trinajstić information content (AvgIpc) is 2.97. The molecule has 2 aromatic carbocycles. The Kier molecular flexibility index (Phi) is 21.7. The Bertz CT molecular complexity index is 942. The van der Waals surface area contributed by atoms with E-state index in [-0.39, 0.29) is 30.3 Å². The molecule has 0 aromatic heterocycles. The molecular weight excluding hydrogens is 508 g/mol. The number of para-hydroxylation sites is 1. The summed E-state index contributed by atoms with van der Waals surface area (Å²) in [4.78, 5) is 36.3. The second kappa shape index (κ2) is 23.6. The summed E-state index contributed by atoms with van der Waals surface area (Å²) in [6.45, 7) is 8.11. The molecule has 9 heteroatoms. The van der Waals surface area contributed by atoms with Crippen LogP contribution < -0.4 is 20.7 Å². The predicted octanol–water partition coefficient (Wildman–Crippen LogP) is 2.60. The van der Waals surface area contributed by atoms with E-state index in [1.54, 1.807) is 14.1 Å². The Balaban J connectivity index is 0.00000144. The molecule has 0 aliphatic rings. The number of aliphatic hydroxyl groups is 1. The average molecular weight is 559 g/mol. The molecule has 0 radical (unpaired) electrons. The lowest BCUT2D eigenvalue weighted by molar-refractivity contribution is -0.135. The maximum absolute atomic E-state index is 12.6. The molecule has 2 atom stereocenters. The minimum atomic E-state index is -0.352. The molecule has 4 N–H and O–H groups in total. The number of hydrogen-bond donors (Lipinski definition) is 4. The van der Waals surface area contributed by atoms with Crippen LogP contribution in [-0.4, -0.2) is 88.1 Å². The molecular formula is C31H50N4O5. The first-order chi connectivity index (χ1) is 19.3. The lowest BCUT2D eigenvalue weighted by atomic mass is 9.98. The standard InChI is InChI=1S/C23H38N4O4.C7H8.CH4O/c1-5-18(2)22(23(30)27(4)14-15-28)26-13-16-31-20-11-7-6-9-19(20)10-8-12-25-21(29)17-24-3;1-7-5-3-2-4-6-7;1-2/h6-7,9,11,15,18,22,24,26H,5,8,10,12-14,16-17H2,1-4H3,(H,25,29);2-6H,1H3;2H,1H3. The third-order valence-electron chi connectivity index (χ3n) is 6.12. The van der Waals surface area contributed by atoms with Crippen LogP contribution >= 0.6 is 0 Å². The van der Waals surface area contributed by atoms with E-state index in [1.807, 2.05) is 56.3 Å². The minimum absolute atomic E-state index is 0.0118. The molecule has 2 unspecified atom stereocenters. The van der Waals surface area contributed by atoms with Crippen molar-refractivity contribution < 1.29 is 24.2 Å². The number of aliphatic hydroxyl groups excluding tert-OH is 1. The number of carbonyl (C=O) groups excluding carboxylic acids is 3. The van der Waals surface area contributed by atoms with Crippen LogP contribution in [0, 0.1) is 12.8 Å². The smallest absolute Gasteiger partial charge is 0.240 e. The SMILES string of the molecule is CCC(C)C(NCCOc1ccccc1CCCNC(=O)CNC)C(=O)N(C)CC=O.CO.Cc1ccccc1. The molecule has 2 aromatic rings. The number of aldehydes is 1. The zero-order valence-corrected chi connectivity index (χ0v) is 25.1. The van der Waals surface area contributed by atoms with Gasteiger partial charge in [0, 0.05) is 27.2 Å². The molecule has 224 valence electrons. The summed E-state index contributed by atoms with van der Waals surface area (Å²) in [7, 11) is 4.38. The van der Waals surface area contributed by atoms with E-state index >= 15 is 0 Å². The highest BCUT2D eigenvalue weighted by Crippen LogP contribution is 2.19. The Labute approximate surface area is 240 Å². The Morgan fingerprint density at radius 2 is 1.70 bits per heavy atom. The largest absolute Gasteiger partial charge is 0.492 e. The van der Waals surface area contributed by atoms with Crippen LogP contribution in [0.3, 0.4) is 0 Å². The molecule has 2 rings (SSSR count). The fourth-order valence-electron chi connectivity index (χ4n) is 3.70. The van der Waals surface area contributed by atoms with Crippen LogP contribution in [0.5, 0.6) is 5.75 Å². The van der Waals surface area contributed by atoms with Crippen molar-refractivity contribution in [2.24, 2.45) is 5.92 Å². The summed E-state index contributed by atoms with van der Waals surface area (Å²) in [6.07, 6.45) is 3.21. The van der Waals surface area contributed by atoms with Gasteiger partial charge in [-0.1, -0.05) is 74.4 Å². The first-order valence-electron chi connectivity index (χ1n) is 13.8. The van der Waals surface area contributed by atoms with Gasteiger partial charge in [0.25, 0.3) is 0 Å². The van der Waals surface area contributed by atoms with Crippen molar-refractivity contribution in [1.82, 2.24) is 20.9 Å². The number of benzene rings is 2. The highest BCUT2D eigenvalue weighted by molar-refractivity contribution is 5.83. The van der Waals surface area contributed by atoms with Gasteiger partial charge in [-0.15, -0.1) is 0 Å². The molecule has 0 saturated heterocycles. The van der Waals surface area contributed by atoms with Gasteiger partial charge in [-0.05, 0) is 44.4 Å². The molecule has 0 spiro atoms. The summed E-state index contributed by atoms with van der Waals surface area (Å²) < 4.78 is 5.96. The molecule has 0 aliphatic carbocycles. The van der Waals surface area contributed by atoms with Crippen molar-refractivity contribution in [3.8, 4) is 5.75 Å². The maximum atomic E-state index is 12.6.